The van der Waals surface area contributed by atoms with Gasteiger partial charge in [-0.2, -0.15) is 0 Å². The summed E-state index contributed by atoms with van der Waals surface area (Å²) in [6, 6.07) is 0. The third-order valence-electron chi connectivity index (χ3n) is 0.868. The van der Waals surface area contributed by atoms with Gasteiger partial charge in [0.2, 0.25) is 0 Å². The molecule has 0 heterocycles. The van der Waals surface area contributed by atoms with Crippen LogP contribution in [0.5, 0.6) is 0 Å². The van der Waals surface area contributed by atoms with Gasteiger partial charge in [0.1, 0.15) is 0 Å². The van der Waals surface area contributed by atoms with Crippen molar-refractivity contribution in [2.75, 3.05) is 6.61 Å². The molecule has 2 heteroatoms. The quantitative estimate of drug-likeness (QED) is 0.583. The summed E-state index contributed by atoms with van der Waals surface area (Å²) in [4.78, 5) is 0. The maximum absolute atomic E-state index is 8.31. The molecule has 0 saturated carbocycles. The summed E-state index contributed by atoms with van der Waals surface area (Å²) < 4.78 is 0. The summed E-state index contributed by atoms with van der Waals surface area (Å²) in [5.74, 6) is 0. The lowest BCUT2D eigenvalue weighted by Crippen LogP contribution is -1.79. The number of rotatable bonds is 4. The highest BCUT2D eigenvalue weighted by molar-refractivity contribution is 6.25. The lowest BCUT2D eigenvalue weighted by atomic mass is 10.2. The molecular formula is C6H11ClO. The molecule has 48 valence electrons. The second-order valence-corrected chi connectivity index (χ2v) is 1.83. The fourth-order valence-corrected chi connectivity index (χ4v) is 0.563. The van der Waals surface area contributed by atoms with Crippen molar-refractivity contribution in [3.05, 3.63) is 11.6 Å². The molecule has 0 aromatic heterocycles. The number of halogens is 1. The molecule has 1 N–H and O–H groups in total. The molecule has 0 aromatic carbocycles. The van der Waals surface area contributed by atoms with Crippen LogP contribution in [0.4, 0.5) is 0 Å². The molecule has 0 aliphatic rings. The van der Waals surface area contributed by atoms with Gasteiger partial charge in [-0.1, -0.05) is 17.7 Å². The van der Waals surface area contributed by atoms with Crippen molar-refractivity contribution in [2.24, 2.45) is 0 Å². The van der Waals surface area contributed by atoms with Crippen molar-refractivity contribution >= 4 is 11.6 Å². The normalized spacial score (nSPS) is 10.8. The SMILES string of the molecule is OCCCCC=CCl. The fraction of sp³-hybridized carbons (Fsp3) is 0.667. The van der Waals surface area contributed by atoms with Gasteiger partial charge in [-0.3, -0.25) is 0 Å². The summed E-state index contributed by atoms with van der Waals surface area (Å²) in [5.41, 5.74) is 1.51. The molecule has 0 aromatic rings. The summed E-state index contributed by atoms with van der Waals surface area (Å²) in [6.45, 7) is 0.288. The molecule has 0 amide bonds. The summed E-state index contributed by atoms with van der Waals surface area (Å²) in [7, 11) is 0. The largest absolute Gasteiger partial charge is 0.396 e. The van der Waals surface area contributed by atoms with Crippen molar-refractivity contribution < 1.29 is 5.11 Å². The first kappa shape index (κ1) is 7.99. The van der Waals surface area contributed by atoms with Crippen molar-refractivity contribution in [1.29, 1.82) is 0 Å². The number of allylic oxidation sites excluding steroid dienone is 1. The molecule has 8 heavy (non-hydrogen) atoms. The topological polar surface area (TPSA) is 20.2 Å². The average Bonchev–Trinajstić information content (AvgIpc) is 1.81. The van der Waals surface area contributed by atoms with Gasteiger partial charge in [0, 0.05) is 12.1 Å². The number of hydrogen-bond acceptors (Lipinski definition) is 1. The predicted octanol–water partition coefficient (Wildman–Crippen LogP) is 1.90. The van der Waals surface area contributed by atoms with Gasteiger partial charge in [-0.15, -0.1) is 0 Å². The first-order chi connectivity index (χ1) is 3.91. The lowest BCUT2D eigenvalue weighted by molar-refractivity contribution is 0.285. The van der Waals surface area contributed by atoms with Crippen LogP contribution >= 0.6 is 11.6 Å². The second-order valence-electron chi connectivity index (χ2n) is 1.58. The zero-order valence-corrected chi connectivity index (χ0v) is 5.56. The highest BCUT2D eigenvalue weighted by Gasteiger charge is 1.79. The predicted molar refractivity (Wildman–Crippen MR) is 35.9 cm³/mol. The lowest BCUT2D eigenvalue weighted by Gasteiger charge is -1.88. The molecule has 0 unspecified atom stereocenters. The molecule has 0 aliphatic heterocycles. The number of hydrogen-bond donors (Lipinski definition) is 1. The third-order valence-corrected chi connectivity index (χ3v) is 1.05. The summed E-state index contributed by atoms with van der Waals surface area (Å²) in [6.07, 6.45) is 4.77. The monoisotopic (exact) mass is 134 g/mol. The summed E-state index contributed by atoms with van der Waals surface area (Å²) >= 11 is 5.24. The average molecular weight is 135 g/mol. The Bertz CT molecular complexity index is 61.5. The molecule has 0 atom stereocenters. The van der Waals surface area contributed by atoms with Gasteiger partial charge in [0.15, 0.2) is 0 Å². The Morgan fingerprint density at radius 2 is 2.12 bits per heavy atom. The van der Waals surface area contributed by atoms with E-state index in [9.17, 15) is 0 Å². The Hall–Kier alpha value is -0.0100. The zero-order chi connectivity index (χ0) is 6.24. The van der Waals surface area contributed by atoms with E-state index in [0.29, 0.717) is 0 Å². The van der Waals surface area contributed by atoms with E-state index in [-0.39, 0.29) is 6.61 Å². The molecule has 0 bridgehead atoms. The number of unbranched alkanes of at least 4 members (excludes halogenated alkanes) is 2. The molecule has 0 fully saturated rings. The van der Waals surface area contributed by atoms with Crippen LogP contribution in [0.1, 0.15) is 19.3 Å². The van der Waals surface area contributed by atoms with Crippen LogP contribution in [0.15, 0.2) is 11.6 Å². The van der Waals surface area contributed by atoms with Gasteiger partial charge < -0.3 is 5.11 Å². The van der Waals surface area contributed by atoms with Crippen molar-refractivity contribution in [2.45, 2.75) is 19.3 Å². The van der Waals surface area contributed by atoms with Crippen LogP contribution in [0.3, 0.4) is 0 Å². The van der Waals surface area contributed by atoms with Gasteiger partial charge in [-0.05, 0) is 19.3 Å². The Morgan fingerprint density at radius 3 is 2.62 bits per heavy atom. The molecule has 0 aliphatic carbocycles. The van der Waals surface area contributed by atoms with Crippen molar-refractivity contribution in [3.8, 4) is 0 Å². The standard InChI is InChI=1S/C6H11ClO/c7-5-3-1-2-4-6-8/h3,5,8H,1-2,4,6H2. The fourth-order valence-electron chi connectivity index (χ4n) is 0.437. The second kappa shape index (κ2) is 6.99. The molecule has 0 saturated heterocycles. The van der Waals surface area contributed by atoms with E-state index in [2.05, 4.69) is 0 Å². The minimum atomic E-state index is 0.288. The van der Waals surface area contributed by atoms with Crippen LogP contribution in [0.2, 0.25) is 0 Å². The Balaban J connectivity index is 2.72. The van der Waals surface area contributed by atoms with Gasteiger partial charge in [0.05, 0.1) is 0 Å². The van der Waals surface area contributed by atoms with Gasteiger partial charge >= 0.3 is 0 Å². The van der Waals surface area contributed by atoms with E-state index in [4.69, 9.17) is 16.7 Å². The first-order valence-electron chi connectivity index (χ1n) is 2.78. The minimum Gasteiger partial charge on any atom is -0.396 e. The smallest absolute Gasteiger partial charge is 0.0431 e. The number of aliphatic hydroxyl groups excluding tert-OH is 1. The highest BCUT2D eigenvalue weighted by atomic mass is 35.5. The first-order valence-corrected chi connectivity index (χ1v) is 3.21. The van der Waals surface area contributed by atoms with Crippen LogP contribution in [-0.4, -0.2) is 11.7 Å². The van der Waals surface area contributed by atoms with E-state index < -0.39 is 0 Å². The molecule has 1 nitrogen and oxygen atoms in total. The van der Waals surface area contributed by atoms with Gasteiger partial charge in [0.25, 0.3) is 0 Å². The van der Waals surface area contributed by atoms with Crippen LogP contribution in [0.25, 0.3) is 0 Å². The number of aliphatic hydroxyl groups is 1. The maximum Gasteiger partial charge on any atom is 0.0431 e. The third kappa shape index (κ3) is 5.99. The van der Waals surface area contributed by atoms with Crippen LogP contribution < -0.4 is 0 Å². The Labute approximate surface area is 55.0 Å². The Kier molecular flexibility index (Phi) is 6.98. The van der Waals surface area contributed by atoms with E-state index >= 15 is 0 Å². The zero-order valence-electron chi connectivity index (χ0n) is 4.81. The molecule has 0 rings (SSSR count). The van der Waals surface area contributed by atoms with Gasteiger partial charge in [-0.25, -0.2) is 0 Å². The highest BCUT2D eigenvalue weighted by Crippen LogP contribution is 1.95. The molecular weight excluding hydrogens is 124 g/mol. The molecule has 0 spiro atoms. The Morgan fingerprint density at radius 1 is 1.38 bits per heavy atom. The molecule has 0 radical (unpaired) electrons. The van der Waals surface area contributed by atoms with E-state index in [0.717, 1.165) is 19.3 Å². The van der Waals surface area contributed by atoms with Crippen molar-refractivity contribution in [1.82, 2.24) is 0 Å². The maximum atomic E-state index is 8.31. The van der Waals surface area contributed by atoms with E-state index in [1.807, 2.05) is 6.08 Å². The van der Waals surface area contributed by atoms with Crippen LogP contribution in [0, 0.1) is 0 Å². The van der Waals surface area contributed by atoms with Crippen LogP contribution in [-0.2, 0) is 0 Å². The van der Waals surface area contributed by atoms with Crippen molar-refractivity contribution in [3.63, 3.8) is 0 Å². The van der Waals surface area contributed by atoms with E-state index in [1.165, 1.54) is 5.54 Å². The minimum absolute atomic E-state index is 0.288. The summed E-state index contributed by atoms with van der Waals surface area (Å²) in [5, 5.41) is 8.31. The van der Waals surface area contributed by atoms with E-state index in [1.54, 1.807) is 0 Å².